The van der Waals surface area contributed by atoms with Gasteiger partial charge in [-0.1, -0.05) is 30.0 Å². The van der Waals surface area contributed by atoms with Crippen LogP contribution in [0.25, 0.3) is 0 Å². The predicted molar refractivity (Wildman–Crippen MR) is 95.0 cm³/mol. The maximum Gasteiger partial charge on any atom is 0.272 e. The molecule has 0 amide bonds. The van der Waals surface area contributed by atoms with Gasteiger partial charge in [-0.15, -0.1) is 0 Å². The average molecular weight is 378 g/mol. The standard InChI is InChI=1S/C17H18N2O6S/c20-14-9-25-17(16(22)15(14)21)18-10-6-11(19(23)24)8-13(7-10)26-12-4-2-1-3-5-12/h1-8,14-18,20-22H,9H2/t14-,15-,16-,17-/m1/s1. The third-order valence-corrected chi connectivity index (χ3v) is 4.87. The van der Waals surface area contributed by atoms with Crippen LogP contribution in [0.4, 0.5) is 11.4 Å². The van der Waals surface area contributed by atoms with E-state index in [1.54, 1.807) is 6.07 Å². The third kappa shape index (κ3) is 4.32. The zero-order valence-electron chi connectivity index (χ0n) is 13.6. The molecule has 26 heavy (non-hydrogen) atoms. The Labute approximate surface area is 153 Å². The number of anilines is 1. The number of hydrogen-bond donors (Lipinski definition) is 4. The van der Waals surface area contributed by atoms with E-state index in [2.05, 4.69) is 5.32 Å². The SMILES string of the molecule is O=[N+]([O-])c1cc(N[C@@H]2OC[C@@H](O)[C@@H](O)[C@H]2O)cc(Sc2ccccc2)c1. The number of ether oxygens (including phenoxy) is 1. The van der Waals surface area contributed by atoms with E-state index in [1.807, 2.05) is 30.3 Å². The monoisotopic (exact) mass is 378 g/mol. The van der Waals surface area contributed by atoms with Gasteiger partial charge in [0.25, 0.3) is 5.69 Å². The molecule has 2 aromatic rings. The molecule has 3 rings (SSSR count). The van der Waals surface area contributed by atoms with E-state index in [9.17, 15) is 25.4 Å². The minimum Gasteiger partial charge on any atom is -0.388 e. The van der Waals surface area contributed by atoms with Gasteiger partial charge < -0.3 is 25.4 Å². The predicted octanol–water partition coefficient (Wildman–Crippen LogP) is 1.60. The molecule has 1 saturated heterocycles. The molecule has 0 aliphatic carbocycles. The van der Waals surface area contributed by atoms with E-state index < -0.39 is 29.5 Å². The van der Waals surface area contributed by atoms with Crippen LogP contribution in [0.3, 0.4) is 0 Å². The second kappa shape index (κ2) is 8.02. The van der Waals surface area contributed by atoms with Crippen LogP contribution in [0.5, 0.6) is 0 Å². The Hall–Kier alpha value is -2.17. The third-order valence-electron chi connectivity index (χ3n) is 3.89. The minimum absolute atomic E-state index is 0.112. The number of aliphatic hydroxyl groups excluding tert-OH is 3. The fraction of sp³-hybridized carbons (Fsp3) is 0.294. The normalized spacial score (nSPS) is 25.7. The van der Waals surface area contributed by atoms with Crippen LogP contribution < -0.4 is 5.32 Å². The van der Waals surface area contributed by atoms with Crippen LogP contribution in [0, 0.1) is 10.1 Å². The van der Waals surface area contributed by atoms with Gasteiger partial charge in [0.15, 0.2) is 6.23 Å². The Morgan fingerprint density at radius 3 is 2.50 bits per heavy atom. The average Bonchev–Trinajstić information content (AvgIpc) is 2.63. The Morgan fingerprint density at radius 1 is 1.08 bits per heavy atom. The van der Waals surface area contributed by atoms with Crippen molar-refractivity contribution in [2.24, 2.45) is 0 Å². The molecular formula is C17H18N2O6S. The van der Waals surface area contributed by atoms with Crippen molar-refractivity contribution >= 4 is 23.1 Å². The first-order chi connectivity index (χ1) is 12.4. The Balaban J connectivity index is 1.83. The number of hydrogen-bond acceptors (Lipinski definition) is 8. The molecule has 0 bridgehead atoms. The maximum absolute atomic E-state index is 11.2. The molecule has 9 heteroatoms. The van der Waals surface area contributed by atoms with Crippen molar-refractivity contribution in [3.63, 3.8) is 0 Å². The Bertz CT molecular complexity index is 775. The molecule has 4 N–H and O–H groups in total. The molecule has 0 spiro atoms. The Morgan fingerprint density at radius 2 is 1.81 bits per heavy atom. The van der Waals surface area contributed by atoms with Crippen molar-refractivity contribution in [3.8, 4) is 0 Å². The van der Waals surface area contributed by atoms with Crippen LogP contribution in [-0.4, -0.2) is 51.4 Å². The fourth-order valence-electron chi connectivity index (χ4n) is 2.55. The van der Waals surface area contributed by atoms with Crippen molar-refractivity contribution < 1.29 is 25.0 Å². The van der Waals surface area contributed by atoms with Crippen LogP contribution in [0.15, 0.2) is 58.3 Å². The van der Waals surface area contributed by atoms with Gasteiger partial charge >= 0.3 is 0 Å². The largest absolute Gasteiger partial charge is 0.388 e. The van der Waals surface area contributed by atoms with Crippen molar-refractivity contribution in [3.05, 3.63) is 58.6 Å². The van der Waals surface area contributed by atoms with Crippen LogP contribution >= 0.6 is 11.8 Å². The van der Waals surface area contributed by atoms with Crippen molar-refractivity contribution in [1.29, 1.82) is 0 Å². The lowest BCUT2D eigenvalue weighted by atomic mass is 10.0. The molecule has 8 nitrogen and oxygen atoms in total. The van der Waals surface area contributed by atoms with Crippen LogP contribution in [0.2, 0.25) is 0 Å². The lowest BCUT2D eigenvalue weighted by molar-refractivity contribution is -0.385. The molecule has 4 atom stereocenters. The van der Waals surface area contributed by atoms with E-state index in [0.29, 0.717) is 10.6 Å². The summed E-state index contributed by atoms with van der Waals surface area (Å²) in [7, 11) is 0. The second-order valence-electron chi connectivity index (χ2n) is 5.83. The van der Waals surface area contributed by atoms with Crippen LogP contribution in [0.1, 0.15) is 0 Å². The Kier molecular flexibility index (Phi) is 5.74. The van der Waals surface area contributed by atoms with Gasteiger partial charge in [-0.05, 0) is 18.2 Å². The fourth-order valence-corrected chi connectivity index (χ4v) is 3.48. The number of benzene rings is 2. The number of nitrogens with zero attached hydrogens (tertiary/aromatic N) is 1. The smallest absolute Gasteiger partial charge is 0.272 e. The van der Waals surface area contributed by atoms with Gasteiger partial charge in [-0.3, -0.25) is 10.1 Å². The number of nitro benzene ring substituents is 1. The van der Waals surface area contributed by atoms with Gasteiger partial charge in [-0.2, -0.15) is 0 Å². The molecular weight excluding hydrogens is 360 g/mol. The second-order valence-corrected chi connectivity index (χ2v) is 6.98. The summed E-state index contributed by atoms with van der Waals surface area (Å²) in [6, 6.07) is 13.9. The number of nitrogens with one attached hydrogen (secondary N) is 1. The molecule has 1 aliphatic rings. The summed E-state index contributed by atoms with van der Waals surface area (Å²) in [5.74, 6) is 0. The van der Waals surface area contributed by atoms with E-state index in [4.69, 9.17) is 4.74 Å². The number of non-ortho nitro benzene ring substituents is 1. The summed E-state index contributed by atoms with van der Waals surface area (Å²) in [6.45, 7) is -0.156. The molecule has 1 fully saturated rings. The van der Waals surface area contributed by atoms with E-state index in [1.165, 1.54) is 23.9 Å². The van der Waals surface area contributed by atoms with Gasteiger partial charge in [0.05, 0.1) is 11.5 Å². The highest BCUT2D eigenvalue weighted by atomic mass is 32.2. The molecule has 138 valence electrons. The van der Waals surface area contributed by atoms with Crippen LogP contribution in [-0.2, 0) is 4.74 Å². The van der Waals surface area contributed by atoms with Gasteiger partial charge in [0.2, 0.25) is 0 Å². The van der Waals surface area contributed by atoms with E-state index in [0.717, 1.165) is 4.90 Å². The first kappa shape index (κ1) is 18.6. The summed E-state index contributed by atoms with van der Waals surface area (Å²) in [6.07, 6.45) is -4.91. The lowest BCUT2D eigenvalue weighted by Crippen LogP contribution is -2.55. The van der Waals surface area contributed by atoms with E-state index in [-0.39, 0.29) is 12.3 Å². The highest BCUT2D eigenvalue weighted by Crippen LogP contribution is 2.33. The molecule has 0 radical (unpaired) electrons. The van der Waals surface area contributed by atoms with Crippen molar-refractivity contribution in [2.45, 2.75) is 34.3 Å². The lowest BCUT2D eigenvalue weighted by Gasteiger charge is -2.35. The zero-order chi connectivity index (χ0) is 18.7. The van der Waals surface area contributed by atoms with Crippen molar-refractivity contribution in [1.82, 2.24) is 0 Å². The maximum atomic E-state index is 11.2. The summed E-state index contributed by atoms with van der Waals surface area (Å²) < 4.78 is 5.29. The summed E-state index contributed by atoms with van der Waals surface area (Å²) in [5, 5.41) is 43.3. The number of aliphatic hydroxyl groups is 3. The van der Waals surface area contributed by atoms with Gasteiger partial charge in [0.1, 0.15) is 18.3 Å². The molecule has 1 heterocycles. The first-order valence-electron chi connectivity index (χ1n) is 7.89. The molecule has 1 aliphatic heterocycles. The van der Waals surface area contributed by atoms with Gasteiger partial charge in [-0.25, -0.2) is 0 Å². The molecule has 0 aromatic heterocycles. The highest BCUT2D eigenvalue weighted by molar-refractivity contribution is 7.99. The summed E-state index contributed by atoms with van der Waals surface area (Å²) in [5.41, 5.74) is 0.254. The molecule has 2 aromatic carbocycles. The van der Waals surface area contributed by atoms with E-state index >= 15 is 0 Å². The van der Waals surface area contributed by atoms with Crippen molar-refractivity contribution in [2.75, 3.05) is 11.9 Å². The molecule has 0 unspecified atom stereocenters. The summed E-state index contributed by atoms with van der Waals surface area (Å²) in [4.78, 5) is 12.3. The number of nitro groups is 1. The highest BCUT2D eigenvalue weighted by Gasteiger charge is 2.37. The first-order valence-corrected chi connectivity index (χ1v) is 8.70. The quantitative estimate of drug-likeness (QED) is 0.457. The zero-order valence-corrected chi connectivity index (χ0v) is 14.4. The number of rotatable bonds is 5. The summed E-state index contributed by atoms with van der Waals surface area (Å²) >= 11 is 1.36. The minimum atomic E-state index is -1.37. The van der Waals surface area contributed by atoms with Gasteiger partial charge in [0, 0.05) is 27.6 Å². The topological polar surface area (TPSA) is 125 Å². The molecule has 0 saturated carbocycles.